The molecule has 3 nitrogen and oxygen atoms in total. The number of fused-ring (bicyclic) bond motifs is 1. The van der Waals surface area contributed by atoms with Gasteiger partial charge < -0.3 is 9.67 Å². The standard InChI is InChI=1S/C10H15BrN2O/c11-10-8-4-1-2-6-13(8)9(12-10)5-3-7-14/h14H,1-7H2. The Bertz CT molecular complexity index is 322. The molecule has 0 saturated heterocycles. The Morgan fingerprint density at radius 1 is 1.43 bits per heavy atom. The Morgan fingerprint density at radius 2 is 2.29 bits per heavy atom. The number of rotatable bonds is 3. The van der Waals surface area contributed by atoms with Gasteiger partial charge in [-0.25, -0.2) is 4.98 Å². The van der Waals surface area contributed by atoms with Crippen LogP contribution in [0.15, 0.2) is 4.60 Å². The first kappa shape index (κ1) is 10.2. The number of nitrogens with zero attached hydrogens (tertiary/aromatic N) is 2. The van der Waals surface area contributed by atoms with Crippen LogP contribution >= 0.6 is 15.9 Å². The smallest absolute Gasteiger partial charge is 0.127 e. The molecule has 1 aromatic rings. The summed E-state index contributed by atoms with van der Waals surface area (Å²) >= 11 is 3.50. The third-order valence-electron chi connectivity index (χ3n) is 2.71. The predicted molar refractivity (Wildman–Crippen MR) is 58.3 cm³/mol. The van der Waals surface area contributed by atoms with Crippen molar-refractivity contribution in [3.05, 3.63) is 16.1 Å². The maximum Gasteiger partial charge on any atom is 0.127 e. The molecule has 0 bridgehead atoms. The average molecular weight is 259 g/mol. The van der Waals surface area contributed by atoms with Gasteiger partial charge >= 0.3 is 0 Å². The summed E-state index contributed by atoms with van der Waals surface area (Å²) in [5.74, 6) is 1.13. The highest BCUT2D eigenvalue weighted by Gasteiger charge is 2.17. The molecular formula is C10H15BrN2O. The highest BCUT2D eigenvalue weighted by molar-refractivity contribution is 9.10. The minimum atomic E-state index is 0.250. The summed E-state index contributed by atoms with van der Waals surface area (Å²) < 4.78 is 3.31. The second-order valence-corrected chi connectivity index (χ2v) is 4.45. The molecular weight excluding hydrogens is 244 g/mol. The van der Waals surface area contributed by atoms with Crippen molar-refractivity contribution in [3.8, 4) is 0 Å². The number of halogens is 1. The van der Waals surface area contributed by atoms with E-state index < -0.39 is 0 Å². The number of aryl methyl sites for hydroxylation is 1. The third kappa shape index (κ3) is 1.86. The zero-order valence-electron chi connectivity index (χ0n) is 8.17. The predicted octanol–water partition coefficient (Wildman–Crippen LogP) is 1.91. The fourth-order valence-electron chi connectivity index (χ4n) is 2.00. The normalized spacial score (nSPS) is 15.6. The molecule has 0 aliphatic carbocycles. The summed E-state index contributed by atoms with van der Waals surface area (Å²) in [7, 11) is 0. The van der Waals surface area contributed by atoms with Crippen LogP contribution in [0.2, 0.25) is 0 Å². The molecule has 4 heteroatoms. The van der Waals surface area contributed by atoms with E-state index in [4.69, 9.17) is 5.11 Å². The van der Waals surface area contributed by atoms with Crippen LogP contribution in [-0.2, 0) is 19.4 Å². The second-order valence-electron chi connectivity index (χ2n) is 3.70. The van der Waals surface area contributed by atoms with Crippen LogP contribution in [0.25, 0.3) is 0 Å². The number of aliphatic hydroxyl groups excluding tert-OH is 1. The van der Waals surface area contributed by atoms with Crippen molar-refractivity contribution in [2.45, 2.75) is 38.6 Å². The molecule has 0 spiro atoms. The van der Waals surface area contributed by atoms with Gasteiger partial charge in [-0.3, -0.25) is 0 Å². The van der Waals surface area contributed by atoms with E-state index >= 15 is 0 Å². The first-order valence-electron chi connectivity index (χ1n) is 5.17. The number of hydrogen-bond acceptors (Lipinski definition) is 2. The second kappa shape index (κ2) is 4.45. The lowest BCUT2D eigenvalue weighted by Crippen LogP contribution is -2.13. The van der Waals surface area contributed by atoms with E-state index in [1.807, 2.05) is 0 Å². The molecule has 1 aliphatic rings. The summed E-state index contributed by atoms with van der Waals surface area (Å²) in [5, 5.41) is 8.79. The molecule has 1 N–H and O–H groups in total. The van der Waals surface area contributed by atoms with Crippen molar-refractivity contribution >= 4 is 15.9 Å². The van der Waals surface area contributed by atoms with Gasteiger partial charge in [0.1, 0.15) is 10.4 Å². The fraction of sp³-hybridized carbons (Fsp3) is 0.700. The van der Waals surface area contributed by atoms with E-state index in [-0.39, 0.29) is 6.61 Å². The molecule has 0 unspecified atom stereocenters. The van der Waals surface area contributed by atoms with Crippen molar-refractivity contribution in [1.82, 2.24) is 9.55 Å². The van der Waals surface area contributed by atoms with Crippen LogP contribution in [0.3, 0.4) is 0 Å². The van der Waals surface area contributed by atoms with Gasteiger partial charge in [0.15, 0.2) is 0 Å². The van der Waals surface area contributed by atoms with Crippen LogP contribution in [-0.4, -0.2) is 21.3 Å². The van der Waals surface area contributed by atoms with E-state index in [0.29, 0.717) is 0 Å². The minimum absolute atomic E-state index is 0.250. The SMILES string of the molecule is OCCCc1nc(Br)c2n1CCCC2. The third-order valence-corrected chi connectivity index (χ3v) is 3.34. The molecule has 0 aromatic carbocycles. The van der Waals surface area contributed by atoms with Gasteiger partial charge in [-0.1, -0.05) is 0 Å². The molecule has 2 heterocycles. The number of hydrogen-bond donors (Lipinski definition) is 1. The summed E-state index contributed by atoms with van der Waals surface area (Å²) in [6, 6.07) is 0. The van der Waals surface area contributed by atoms with Gasteiger partial charge in [0.2, 0.25) is 0 Å². The van der Waals surface area contributed by atoms with Crippen LogP contribution in [0.1, 0.15) is 30.8 Å². The van der Waals surface area contributed by atoms with Gasteiger partial charge in [-0.15, -0.1) is 0 Å². The van der Waals surface area contributed by atoms with E-state index in [9.17, 15) is 0 Å². The summed E-state index contributed by atoms with van der Waals surface area (Å²) in [4.78, 5) is 4.50. The van der Waals surface area contributed by atoms with Crippen molar-refractivity contribution < 1.29 is 5.11 Å². The van der Waals surface area contributed by atoms with Gasteiger partial charge in [0.05, 0.1) is 5.69 Å². The lowest BCUT2D eigenvalue weighted by atomic mass is 10.1. The monoisotopic (exact) mass is 258 g/mol. The first-order valence-corrected chi connectivity index (χ1v) is 5.97. The summed E-state index contributed by atoms with van der Waals surface area (Å²) in [5.41, 5.74) is 1.34. The summed E-state index contributed by atoms with van der Waals surface area (Å²) in [6.07, 6.45) is 5.34. The molecule has 1 aliphatic heterocycles. The van der Waals surface area contributed by atoms with Crippen LogP contribution in [0.4, 0.5) is 0 Å². The highest BCUT2D eigenvalue weighted by Crippen LogP contribution is 2.25. The molecule has 0 fully saturated rings. The molecule has 0 atom stereocenters. The first-order chi connectivity index (χ1) is 6.83. The lowest BCUT2D eigenvalue weighted by molar-refractivity contribution is 0.286. The molecule has 0 amide bonds. The van der Waals surface area contributed by atoms with Gasteiger partial charge in [-0.2, -0.15) is 0 Å². The zero-order chi connectivity index (χ0) is 9.97. The van der Waals surface area contributed by atoms with Gasteiger partial charge in [0, 0.05) is 19.6 Å². The zero-order valence-corrected chi connectivity index (χ0v) is 9.76. The molecule has 1 aromatic heterocycles. The van der Waals surface area contributed by atoms with Crippen molar-refractivity contribution in [1.29, 1.82) is 0 Å². The Hall–Kier alpha value is -0.350. The van der Waals surface area contributed by atoms with Crippen molar-refractivity contribution in [2.75, 3.05) is 6.61 Å². The molecule has 78 valence electrons. The maximum atomic E-state index is 8.79. The molecule has 2 rings (SSSR count). The van der Waals surface area contributed by atoms with E-state index in [1.54, 1.807) is 0 Å². The van der Waals surface area contributed by atoms with E-state index in [2.05, 4.69) is 25.5 Å². The maximum absolute atomic E-state index is 8.79. The van der Waals surface area contributed by atoms with Gasteiger partial charge in [0.25, 0.3) is 0 Å². The Kier molecular flexibility index (Phi) is 3.23. The van der Waals surface area contributed by atoms with Gasteiger partial charge in [-0.05, 0) is 41.6 Å². The van der Waals surface area contributed by atoms with Crippen LogP contribution < -0.4 is 0 Å². The average Bonchev–Trinajstić information content (AvgIpc) is 2.54. The van der Waals surface area contributed by atoms with Crippen molar-refractivity contribution in [2.24, 2.45) is 0 Å². The van der Waals surface area contributed by atoms with E-state index in [0.717, 1.165) is 36.2 Å². The van der Waals surface area contributed by atoms with Crippen LogP contribution in [0, 0.1) is 0 Å². The Morgan fingerprint density at radius 3 is 3.07 bits per heavy atom. The summed E-state index contributed by atoms with van der Waals surface area (Å²) in [6.45, 7) is 1.34. The highest BCUT2D eigenvalue weighted by atomic mass is 79.9. The fourth-order valence-corrected chi connectivity index (χ4v) is 2.61. The number of aliphatic hydroxyl groups is 1. The number of imidazole rings is 1. The molecule has 0 saturated carbocycles. The van der Waals surface area contributed by atoms with E-state index in [1.165, 1.54) is 18.5 Å². The van der Waals surface area contributed by atoms with Crippen molar-refractivity contribution in [3.63, 3.8) is 0 Å². The quantitative estimate of drug-likeness (QED) is 0.900. The Labute approximate surface area is 92.3 Å². The topological polar surface area (TPSA) is 38.1 Å². The molecule has 14 heavy (non-hydrogen) atoms. The lowest BCUT2D eigenvalue weighted by Gasteiger charge is -2.16. The largest absolute Gasteiger partial charge is 0.396 e. The number of aromatic nitrogens is 2. The molecule has 0 radical (unpaired) electrons. The minimum Gasteiger partial charge on any atom is -0.396 e. The Balaban J connectivity index is 2.23. The van der Waals surface area contributed by atoms with Crippen LogP contribution in [0.5, 0.6) is 0 Å².